The van der Waals surface area contributed by atoms with Crippen LogP contribution in [-0.4, -0.2) is 4.98 Å². The number of thiazole rings is 1. The number of benzene rings is 1. The van der Waals surface area contributed by atoms with E-state index in [0.717, 1.165) is 21.2 Å². The molecule has 0 saturated heterocycles. The molecule has 5 heteroatoms. The van der Waals surface area contributed by atoms with Gasteiger partial charge >= 0.3 is 0 Å². The first-order chi connectivity index (χ1) is 7.65. The maximum atomic E-state index is 6.10. The van der Waals surface area contributed by atoms with E-state index in [1.165, 1.54) is 11.3 Å². The molecule has 16 heavy (non-hydrogen) atoms. The summed E-state index contributed by atoms with van der Waals surface area (Å²) in [5.74, 6) is 0. The second kappa shape index (κ2) is 5.04. The van der Waals surface area contributed by atoms with E-state index in [1.54, 1.807) is 6.20 Å². The average molecular weight is 273 g/mol. The second-order valence-corrected chi connectivity index (χ2v) is 5.52. The SMILES string of the molecule is Cc1ccc(NCc2cnc(Cl)s2)c(Cl)c1. The van der Waals surface area contributed by atoms with Gasteiger partial charge in [-0.1, -0.05) is 29.3 Å². The highest BCUT2D eigenvalue weighted by Crippen LogP contribution is 2.24. The van der Waals surface area contributed by atoms with Gasteiger partial charge in [0.15, 0.2) is 4.47 Å². The van der Waals surface area contributed by atoms with Crippen LogP contribution >= 0.6 is 34.5 Å². The van der Waals surface area contributed by atoms with Crippen LogP contribution < -0.4 is 5.32 Å². The molecule has 0 radical (unpaired) electrons. The molecule has 1 heterocycles. The first-order valence-corrected chi connectivity index (χ1v) is 6.32. The summed E-state index contributed by atoms with van der Waals surface area (Å²) < 4.78 is 0.562. The Morgan fingerprint density at radius 3 is 2.81 bits per heavy atom. The fraction of sp³-hybridized carbons (Fsp3) is 0.182. The van der Waals surface area contributed by atoms with Gasteiger partial charge in [0.1, 0.15) is 0 Å². The number of halogens is 2. The van der Waals surface area contributed by atoms with Crippen LogP contribution in [0.1, 0.15) is 10.4 Å². The molecule has 1 aromatic heterocycles. The van der Waals surface area contributed by atoms with Gasteiger partial charge < -0.3 is 5.32 Å². The summed E-state index contributed by atoms with van der Waals surface area (Å²) in [6.07, 6.45) is 1.77. The van der Waals surface area contributed by atoms with Crippen molar-refractivity contribution in [1.82, 2.24) is 4.98 Å². The number of aromatic nitrogens is 1. The molecule has 2 aromatic rings. The monoisotopic (exact) mass is 272 g/mol. The zero-order chi connectivity index (χ0) is 11.5. The van der Waals surface area contributed by atoms with Gasteiger partial charge in [0.25, 0.3) is 0 Å². The molecule has 0 aliphatic carbocycles. The molecule has 0 fully saturated rings. The number of nitrogens with zero attached hydrogens (tertiary/aromatic N) is 1. The lowest BCUT2D eigenvalue weighted by atomic mass is 10.2. The molecule has 0 bridgehead atoms. The van der Waals surface area contributed by atoms with E-state index in [0.29, 0.717) is 11.0 Å². The van der Waals surface area contributed by atoms with E-state index in [-0.39, 0.29) is 0 Å². The van der Waals surface area contributed by atoms with Crippen LogP contribution in [0.3, 0.4) is 0 Å². The Morgan fingerprint density at radius 1 is 1.38 bits per heavy atom. The summed E-state index contributed by atoms with van der Waals surface area (Å²) in [6.45, 7) is 2.70. The Hall–Kier alpha value is -0.770. The Kier molecular flexibility index (Phi) is 3.69. The maximum Gasteiger partial charge on any atom is 0.183 e. The van der Waals surface area contributed by atoms with Gasteiger partial charge in [-0.15, -0.1) is 11.3 Å². The van der Waals surface area contributed by atoms with Crippen LogP contribution in [0.25, 0.3) is 0 Å². The number of anilines is 1. The van der Waals surface area contributed by atoms with Gasteiger partial charge in [0, 0.05) is 11.1 Å². The van der Waals surface area contributed by atoms with Gasteiger partial charge in [-0.2, -0.15) is 0 Å². The topological polar surface area (TPSA) is 24.9 Å². The fourth-order valence-electron chi connectivity index (χ4n) is 1.31. The molecule has 1 N–H and O–H groups in total. The Balaban J connectivity index is 2.04. The molecular formula is C11H10Cl2N2S. The van der Waals surface area contributed by atoms with E-state index in [1.807, 2.05) is 25.1 Å². The molecule has 2 nitrogen and oxygen atoms in total. The standard InChI is InChI=1S/C11H10Cl2N2S/c1-7-2-3-10(9(12)4-7)14-5-8-6-15-11(13)16-8/h2-4,6,14H,5H2,1H3. The van der Waals surface area contributed by atoms with Gasteiger partial charge in [-0.05, 0) is 24.6 Å². The molecule has 0 spiro atoms. The van der Waals surface area contributed by atoms with Crippen molar-refractivity contribution in [1.29, 1.82) is 0 Å². The van der Waals surface area contributed by atoms with Crippen LogP contribution in [0.15, 0.2) is 24.4 Å². The zero-order valence-electron chi connectivity index (χ0n) is 8.63. The number of rotatable bonds is 3. The van der Waals surface area contributed by atoms with Gasteiger partial charge in [-0.3, -0.25) is 0 Å². The third kappa shape index (κ3) is 2.88. The van der Waals surface area contributed by atoms with Crippen molar-refractivity contribution in [2.45, 2.75) is 13.5 Å². The average Bonchev–Trinajstić information content (AvgIpc) is 2.63. The van der Waals surface area contributed by atoms with E-state index in [9.17, 15) is 0 Å². The highest BCUT2D eigenvalue weighted by molar-refractivity contribution is 7.15. The van der Waals surface area contributed by atoms with Crippen LogP contribution in [0.2, 0.25) is 9.49 Å². The van der Waals surface area contributed by atoms with Crippen molar-refractivity contribution in [3.05, 3.63) is 44.3 Å². The van der Waals surface area contributed by atoms with E-state index in [4.69, 9.17) is 23.2 Å². The quantitative estimate of drug-likeness (QED) is 0.898. The van der Waals surface area contributed by atoms with Crippen molar-refractivity contribution >= 4 is 40.2 Å². The number of hydrogen-bond donors (Lipinski definition) is 1. The molecule has 0 amide bonds. The Bertz CT molecular complexity index is 496. The first kappa shape index (κ1) is 11.7. The largest absolute Gasteiger partial charge is 0.379 e. The van der Waals surface area contributed by atoms with Gasteiger partial charge in [-0.25, -0.2) is 4.98 Å². The maximum absolute atomic E-state index is 6.10. The van der Waals surface area contributed by atoms with E-state index >= 15 is 0 Å². The first-order valence-electron chi connectivity index (χ1n) is 4.75. The summed E-state index contributed by atoms with van der Waals surface area (Å²) in [4.78, 5) is 5.06. The van der Waals surface area contributed by atoms with Crippen molar-refractivity contribution in [2.75, 3.05) is 5.32 Å². The molecule has 1 aromatic carbocycles. The minimum atomic E-state index is 0.562. The molecule has 0 saturated carbocycles. The highest BCUT2D eigenvalue weighted by Gasteiger charge is 2.02. The van der Waals surface area contributed by atoms with Gasteiger partial charge in [0.05, 0.1) is 17.3 Å². The van der Waals surface area contributed by atoms with E-state index in [2.05, 4.69) is 10.3 Å². The lowest BCUT2D eigenvalue weighted by Gasteiger charge is -2.07. The third-order valence-corrected chi connectivity index (χ3v) is 3.53. The van der Waals surface area contributed by atoms with Crippen LogP contribution in [0.4, 0.5) is 5.69 Å². The van der Waals surface area contributed by atoms with E-state index < -0.39 is 0 Å². The predicted molar refractivity (Wildman–Crippen MR) is 70.6 cm³/mol. The van der Waals surface area contributed by atoms with Crippen molar-refractivity contribution in [3.63, 3.8) is 0 Å². The zero-order valence-corrected chi connectivity index (χ0v) is 11.0. The van der Waals surface area contributed by atoms with Gasteiger partial charge in [0.2, 0.25) is 0 Å². The summed E-state index contributed by atoms with van der Waals surface area (Å²) >= 11 is 13.3. The molecule has 0 aliphatic rings. The summed E-state index contributed by atoms with van der Waals surface area (Å²) in [5.41, 5.74) is 2.08. The van der Waals surface area contributed by atoms with Crippen molar-refractivity contribution in [2.24, 2.45) is 0 Å². The number of nitrogens with one attached hydrogen (secondary N) is 1. The van der Waals surface area contributed by atoms with Crippen LogP contribution in [0.5, 0.6) is 0 Å². The Labute approximate surface area is 108 Å². The fourth-order valence-corrected chi connectivity index (χ4v) is 2.53. The number of hydrogen-bond acceptors (Lipinski definition) is 3. The minimum absolute atomic E-state index is 0.562. The third-order valence-electron chi connectivity index (χ3n) is 2.10. The summed E-state index contributed by atoms with van der Waals surface area (Å²) in [5, 5.41) is 3.98. The molecule has 84 valence electrons. The molecular weight excluding hydrogens is 263 g/mol. The normalized spacial score (nSPS) is 10.4. The van der Waals surface area contributed by atoms with Crippen LogP contribution in [-0.2, 0) is 6.54 Å². The minimum Gasteiger partial charge on any atom is -0.379 e. The molecule has 0 atom stereocenters. The molecule has 0 aliphatic heterocycles. The lowest BCUT2D eigenvalue weighted by Crippen LogP contribution is -1.98. The summed E-state index contributed by atoms with van der Waals surface area (Å²) in [7, 11) is 0. The smallest absolute Gasteiger partial charge is 0.183 e. The molecule has 0 unspecified atom stereocenters. The number of aryl methyl sites for hydroxylation is 1. The second-order valence-electron chi connectivity index (χ2n) is 3.42. The molecule has 2 rings (SSSR count). The predicted octanol–water partition coefficient (Wildman–Crippen LogP) is 4.37. The Morgan fingerprint density at radius 2 is 2.19 bits per heavy atom. The summed E-state index contributed by atoms with van der Waals surface area (Å²) in [6, 6.07) is 5.93. The van der Waals surface area contributed by atoms with Crippen molar-refractivity contribution in [3.8, 4) is 0 Å². The van der Waals surface area contributed by atoms with Crippen LogP contribution in [0, 0.1) is 6.92 Å². The lowest BCUT2D eigenvalue weighted by molar-refractivity contribution is 1.17. The van der Waals surface area contributed by atoms with Crippen molar-refractivity contribution < 1.29 is 0 Å². The highest BCUT2D eigenvalue weighted by atomic mass is 35.5.